The molecule has 0 radical (unpaired) electrons. The lowest BCUT2D eigenvalue weighted by Crippen LogP contribution is -2.39. The number of carbonyl (C=O) groups excluding carboxylic acids is 2. The van der Waals surface area contributed by atoms with Crippen LogP contribution in [0.1, 0.15) is 28.8 Å². The van der Waals surface area contributed by atoms with Crippen LogP contribution in [0.2, 0.25) is 0 Å². The van der Waals surface area contributed by atoms with Gasteiger partial charge in [0.15, 0.2) is 0 Å². The summed E-state index contributed by atoms with van der Waals surface area (Å²) in [6.45, 7) is 2.47. The molecule has 0 saturated carbocycles. The van der Waals surface area contributed by atoms with Gasteiger partial charge in [0.2, 0.25) is 11.8 Å². The first-order valence-corrected chi connectivity index (χ1v) is 7.13. The van der Waals surface area contributed by atoms with Crippen molar-refractivity contribution < 1.29 is 9.59 Å². The summed E-state index contributed by atoms with van der Waals surface area (Å²) in [4.78, 5) is 25.0. The standard InChI is InChI=1S/C15H22N4O2/c1-18-15(21)10-4-6-19(7-5-10)9-12-3-2-11(14(17)20)8-13(12)16/h2-3,8,10H,4-7,9,16H2,1H3,(H2,17,20)(H,18,21). The van der Waals surface area contributed by atoms with Crippen molar-refractivity contribution in [2.75, 3.05) is 25.9 Å². The maximum absolute atomic E-state index is 11.6. The molecule has 1 aliphatic heterocycles. The van der Waals surface area contributed by atoms with Crippen LogP contribution in [-0.2, 0) is 11.3 Å². The second kappa shape index (κ2) is 6.58. The number of nitrogens with one attached hydrogen (secondary N) is 1. The topological polar surface area (TPSA) is 101 Å². The number of nitrogens with two attached hydrogens (primary N) is 2. The van der Waals surface area contributed by atoms with Crippen LogP contribution < -0.4 is 16.8 Å². The fourth-order valence-corrected chi connectivity index (χ4v) is 2.69. The first-order valence-electron chi connectivity index (χ1n) is 7.13. The minimum absolute atomic E-state index is 0.112. The normalized spacial score (nSPS) is 16.6. The molecule has 0 unspecified atom stereocenters. The second-order valence-electron chi connectivity index (χ2n) is 5.44. The highest BCUT2D eigenvalue weighted by molar-refractivity contribution is 5.93. The minimum atomic E-state index is -0.473. The molecule has 2 rings (SSSR count). The average molecular weight is 290 g/mol. The molecule has 0 aliphatic carbocycles. The van der Waals surface area contributed by atoms with Crippen LogP contribution >= 0.6 is 0 Å². The first kappa shape index (κ1) is 15.3. The van der Waals surface area contributed by atoms with Crippen LogP contribution in [0.5, 0.6) is 0 Å². The molecule has 1 aromatic carbocycles. The van der Waals surface area contributed by atoms with Gasteiger partial charge in [-0.2, -0.15) is 0 Å². The third-order valence-corrected chi connectivity index (χ3v) is 4.03. The molecule has 0 atom stereocenters. The molecular formula is C15H22N4O2. The Kier molecular flexibility index (Phi) is 4.80. The van der Waals surface area contributed by atoms with Gasteiger partial charge in [0, 0.05) is 30.8 Å². The molecule has 0 spiro atoms. The van der Waals surface area contributed by atoms with Crippen LogP contribution in [-0.4, -0.2) is 36.9 Å². The maximum Gasteiger partial charge on any atom is 0.248 e. The number of piperidine rings is 1. The molecule has 5 N–H and O–H groups in total. The molecule has 21 heavy (non-hydrogen) atoms. The van der Waals surface area contributed by atoms with Gasteiger partial charge < -0.3 is 16.8 Å². The van der Waals surface area contributed by atoms with E-state index in [9.17, 15) is 9.59 Å². The molecule has 1 aromatic rings. The quantitative estimate of drug-likeness (QED) is 0.695. The molecule has 6 heteroatoms. The number of nitrogens with zero attached hydrogens (tertiary/aromatic N) is 1. The molecule has 114 valence electrons. The molecule has 1 fully saturated rings. The summed E-state index contributed by atoms with van der Waals surface area (Å²) < 4.78 is 0. The van der Waals surface area contributed by atoms with Crippen molar-refractivity contribution in [1.82, 2.24) is 10.2 Å². The van der Waals surface area contributed by atoms with Gasteiger partial charge in [-0.3, -0.25) is 14.5 Å². The molecule has 0 aromatic heterocycles. The Labute approximate surface area is 124 Å². The van der Waals surface area contributed by atoms with E-state index in [-0.39, 0.29) is 11.8 Å². The smallest absolute Gasteiger partial charge is 0.248 e. The molecule has 1 saturated heterocycles. The predicted octanol–water partition coefficient (Wildman–Crippen LogP) is 0.326. The highest BCUT2D eigenvalue weighted by Crippen LogP contribution is 2.22. The van der Waals surface area contributed by atoms with Crippen molar-refractivity contribution >= 4 is 17.5 Å². The van der Waals surface area contributed by atoms with Gasteiger partial charge in [-0.05, 0) is 43.6 Å². The van der Waals surface area contributed by atoms with E-state index in [0.29, 0.717) is 11.3 Å². The number of rotatable bonds is 4. The highest BCUT2D eigenvalue weighted by atomic mass is 16.2. The zero-order valence-corrected chi connectivity index (χ0v) is 12.3. The van der Waals surface area contributed by atoms with Crippen LogP contribution in [0.4, 0.5) is 5.69 Å². The number of hydrogen-bond acceptors (Lipinski definition) is 4. The van der Waals surface area contributed by atoms with Gasteiger partial charge in [0.05, 0.1) is 0 Å². The molecular weight excluding hydrogens is 268 g/mol. The van der Waals surface area contributed by atoms with E-state index in [1.165, 1.54) is 0 Å². The van der Waals surface area contributed by atoms with Crippen molar-refractivity contribution in [2.45, 2.75) is 19.4 Å². The highest BCUT2D eigenvalue weighted by Gasteiger charge is 2.24. The van der Waals surface area contributed by atoms with Crippen molar-refractivity contribution in [3.63, 3.8) is 0 Å². The van der Waals surface area contributed by atoms with Gasteiger partial charge in [-0.15, -0.1) is 0 Å². The number of nitrogen functional groups attached to an aromatic ring is 1. The minimum Gasteiger partial charge on any atom is -0.398 e. The van der Waals surface area contributed by atoms with Crippen molar-refractivity contribution in [3.8, 4) is 0 Å². The van der Waals surface area contributed by atoms with Gasteiger partial charge in [-0.1, -0.05) is 6.07 Å². The Morgan fingerprint density at radius 1 is 1.33 bits per heavy atom. The summed E-state index contributed by atoms with van der Waals surface area (Å²) in [5, 5.41) is 2.70. The number of carbonyl (C=O) groups is 2. The van der Waals surface area contributed by atoms with Crippen LogP contribution in [0, 0.1) is 5.92 Å². The van der Waals surface area contributed by atoms with Gasteiger partial charge in [0.1, 0.15) is 0 Å². The van der Waals surface area contributed by atoms with E-state index < -0.39 is 5.91 Å². The Hall–Kier alpha value is -2.08. The van der Waals surface area contributed by atoms with E-state index in [0.717, 1.165) is 38.0 Å². The number of hydrogen-bond donors (Lipinski definition) is 3. The van der Waals surface area contributed by atoms with Gasteiger partial charge in [-0.25, -0.2) is 0 Å². The Bertz CT molecular complexity index is 536. The van der Waals surface area contributed by atoms with Crippen LogP contribution in [0.3, 0.4) is 0 Å². The molecule has 0 bridgehead atoms. The van der Waals surface area contributed by atoms with E-state index in [1.807, 2.05) is 6.07 Å². The molecule has 1 heterocycles. The maximum atomic E-state index is 11.6. The number of benzene rings is 1. The largest absolute Gasteiger partial charge is 0.398 e. The van der Waals surface area contributed by atoms with Crippen molar-refractivity contribution in [2.24, 2.45) is 11.7 Å². The fourth-order valence-electron chi connectivity index (χ4n) is 2.69. The van der Waals surface area contributed by atoms with Crippen molar-refractivity contribution in [1.29, 1.82) is 0 Å². The summed E-state index contributed by atoms with van der Waals surface area (Å²) in [6.07, 6.45) is 1.72. The lowest BCUT2D eigenvalue weighted by atomic mass is 9.95. The molecule has 6 nitrogen and oxygen atoms in total. The number of primary amides is 1. The lowest BCUT2D eigenvalue weighted by Gasteiger charge is -2.31. The van der Waals surface area contributed by atoms with Crippen LogP contribution in [0.25, 0.3) is 0 Å². The third-order valence-electron chi connectivity index (χ3n) is 4.03. The summed E-state index contributed by atoms with van der Waals surface area (Å²) in [5.74, 6) is -0.236. The van der Waals surface area contributed by atoms with E-state index in [1.54, 1.807) is 19.2 Å². The monoisotopic (exact) mass is 290 g/mol. The van der Waals surface area contributed by atoms with Crippen LogP contribution in [0.15, 0.2) is 18.2 Å². The predicted molar refractivity (Wildman–Crippen MR) is 81.4 cm³/mol. The number of likely N-dealkylation sites (tertiary alicyclic amines) is 1. The molecule has 1 aliphatic rings. The average Bonchev–Trinajstić information content (AvgIpc) is 2.49. The zero-order valence-electron chi connectivity index (χ0n) is 12.3. The second-order valence-corrected chi connectivity index (χ2v) is 5.44. The fraction of sp³-hybridized carbons (Fsp3) is 0.467. The number of anilines is 1. The Morgan fingerprint density at radius 2 is 2.00 bits per heavy atom. The first-order chi connectivity index (χ1) is 10.0. The van der Waals surface area contributed by atoms with Gasteiger partial charge in [0.25, 0.3) is 0 Å². The van der Waals surface area contributed by atoms with E-state index in [2.05, 4.69) is 10.2 Å². The van der Waals surface area contributed by atoms with E-state index in [4.69, 9.17) is 11.5 Å². The summed E-state index contributed by atoms with van der Waals surface area (Å²) in [7, 11) is 1.68. The molecule has 2 amide bonds. The van der Waals surface area contributed by atoms with Crippen molar-refractivity contribution in [3.05, 3.63) is 29.3 Å². The zero-order chi connectivity index (χ0) is 15.4. The van der Waals surface area contributed by atoms with E-state index >= 15 is 0 Å². The Balaban J connectivity index is 1.95. The van der Waals surface area contributed by atoms with Gasteiger partial charge >= 0.3 is 0 Å². The lowest BCUT2D eigenvalue weighted by molar-refractivity contribution is -0.125. The number of amides is 2. The summed E-state index contributed by atoms with van der Waals surface area (Å²) >= 11 is 0. The summed E-state index contributed by atoms with van der Waals surface area (Å²) in [5.41, 5.74) is 13.2. The Morgan fingerprint density at radius 3 is 2.52 bits per heavy atom. The SMILES string of the molecule is CNC(=O)C1CCN(Cc2ccc(C(N)=O)cc2N)CC1. The third kappa shape index (κ3) is 3.72. The summed E-state index contributed by atoms with van der Waals surface area (Å²) in [6, 6.07) is 5.17.